The van der Waals surface area contributed by atoms with E-state index in [1.165, 1.54) is 0 Å². The molecule has 0 amide bonds. The molecule has 1 aromatic heterocycles. The summed E-state index contributed by atoms with van der Waals surface area (Å²) in [4.78, 5) is 11.9. The van der Waals surface area contributed by atoms with Crippen molar-refractivity contribution in [2.24, 2.45) is 0 Å². The Morgan fingerprint density at radius 3 is 2.81 bits per heavy atom. The summed E-state index contributed by atoms with van der Waals surface area (Å²) in [6.07, 6.45) is 1.29. The number of rotatable bonds is 4. The van der Waals surface area contributed by atoms with Crippen LogP contribution in [0.5, 0.6) is 0 Å². The molecule has 1 atom stereocenters. The molecule has 1 aliphatic rings. The third kappa shape index (κ3) is 3.84. The molecule has 1 aromatic rings. The molecule has 0 aliphatic carbocycles. The lowest BCUT2D eigenvalue weighted by Gasteiger charge is -2.26. The van der Waals surface area contributed by atoms with Gasteiger partial charge >= 0.3 is 0 Å². The van der Waals surface area contributed by atoms with E-state index in [9.17, 15) is 0 Å². The highest BCUT2D eigenvalue weighted by atomic mass is 16.5. The number of hydrogen-bond donors (Lipinski definition) is 1. The second-order valence-electron chi connectivity index (χ2n) is 6.05. The third-order valence-electron chi connectivity index (χ3n) is 3.75. The van der Waals surface area contributed by atoms with Crippen LogP contribution in [0, 0.1) is 6.92 Å². The first-order chi connectivity index (χ1) is 10.0. The number of aromatic nitrogens is 2. The van der Waals surface area contributed by atoms with Crippen molar-refractivity contribution < 1.29 is 4.74 Å². The van der Waals surface area contributed by atoms with Crippen LogP contribution in [0.25, 0.3) is 0 Å². The zero-order chi connectivity index (χ0) is 15.4. The molecule has 1 unspecified atom stereocenters. The largest absolute Gasteiger partial charge is 0.377 e. The summed E-state index contributed by atoms with van der Waals surface area (Å²) >= 11 is 0. The summed E-state index contributed by atoms with van der Waals surface area (Å²) in [5.74, 6) is 3.25. The minimum atomic E-state index is 0.243. The molecule has 2 heterocycles. The molecule has 0 spiro atoms. The van der Waals surface area contributed by atoms with Gasteiger partial charge in [0.1, 0.15) is 17.5 Å². The van der Waals surface area contributed by atoms with Gasteiger partial charge in [-0.1, -0.05) is 13.8 Å². The molecule has 0 radical (unpaired) electrons. The summed E-state index contributed by atoms with van der Waals surface area (Å²) in [5, 5.41) is 3.37. The van der Waals surface area contributed by atoms with Crippen LogP contribution in [0.2, 0.25) is 0 Å². The second-order valence-corrected chi connectivity index (χ2v) is 6.05. The van der Waals surface area contributed by atoms with Crippen molar-refractivity contribution in [3.8, 4) is 0 Å². The first-order valence-corrected chi connectivity index (χ1v) is 8.01. The van der Waals surface area contributed by atoms with Crippen LogP contribution in [0.1, 0.15) is 51.4 Å². The van der Waals surface area contributed by atoms with Crippen molar-refractivity contribution in [2.75, 3.05) is 36.5 Å². The van der Waals surface area contributed by atoms with Gasteiger partial charge in [0.2, 0.25) is 0 Å². The topological polar surface area (TPSA) is 50.3 Å². The van der Waals surface area contributed by atoms with Crippen LogP contribution in [0.3, 0.4) is 0 Å². The normalized spacial score (nSPS) is 19.7. The van der Waals surface area contributed by atoms with Gasteiger partial charge in [0, 0.05) is 37.7 Å². The van der Waals surface area contributed by atoms with Crippen LogP contribution in [-0.2, 0) is 4.74 Å². The molecular weight excluding hydrogens is 264 g/mol. The number of ether oxygens (including phenoxy) is 1. The van der Waals surface area contributed by atoms with E-state index >= 15 is 0 Å². The third-order valence-corrected chi connectivity index (χ3v) is 3.75. The minimum Gasteiger partial charge on any atom is -0.377 e. The Morgan fingerprint density at radius 1 is 1.38 bits per heavy atom. The number of nitrogens with zero attached hydrogens (tertiary/aromatic N) is 3. The molecule has 0 bridgehead atoms. The lowest BCUT2D eigenvalue weighted by molar-refractivity contribution is 0.0820. The molecule has 0 aromatic carbocycles. The van der Waals surface area contributed by atoms with Gasteiger partial charge in [-0.25, -0.2) is 9.97 Å². The van der Waals surface area contributed by atoms with Crippen molar-refractivity contribution in [1.82, 2.24) is 9.97 Å². The molecular formula is C16H28N4O. The zero-order valence-corrected chi connectivity index (χ0v) is 13.9. The Balaban J connectivity index is 2.39. The predicted molar refractivity (Wildman–Crippen MR) is 87.3 cm³/mol. The number of anilines is 2. The molecule has 5 heteroatoms. The monoisotopic (exact) mass is 292 g/mol. The molecule has 0 saturated carbocycles. The quantitative estimate of drug-likeness (QED) is 0.924. The zero-order valence-electron chi connectivity index (χ0n) is 13.9. The van der Waals surface area contributed by atoms with E-state index in [1.54, 1.807) is 0 Å². The van der Waals surface area contributed by atoms with E-state index in [0.29, 0.717) is 5.92 Å². The maximum Gasteiger partial charge on any atom is 0.137 e. The van der Waals surface area contributed by atoms with Gasteiger partial charge in [-0.2, -0.15) is 0 Å². The maximum atomic E-state index is 5.75. The standard InChI is InChI=1S/C16H28N4O/c1-6-17-15-13(5)16(19-14(18-15)11(2)3)20-8-7-9-21-12(4)10-20/h11-12H,6-10H2,1-5H3,(H,17,18,19). The van der Waals surface area contributed by atoms with Crippen molar-refractivity contribution in [2.45, 2.75) is 53.1 Å². The highest BCUT2D eigenvalue weighted by Crippen LogP contribution is 2.27. The van der Waals surface area contributed by atoms with Gasteiger partial charge in [-0.3, -0.25) is 0 Å². The van der Waals surface area contributed by atoms with E-state index in [4.69, 9.17) is 9.72 Å². The van der Waals surface area contributed by atoms with Crippen LogP contribution < -0.4 is 10.2 Å². The highest BCUT2D eigenvalue weighted by molar-refractivity contribution is 5.59. The molecule has 1 fully saturated rings. The average Bonchev–Trinajstić information content (AvgIpc) is 2.65. The van der Waals surface area contributed by atoms with E-state index in [-0.39, 0.29) is 6.10 Å². The SMILES string of the molecule is CCNc1nc(C(C)C)nc(N2CCCOC(C)C2)c1C. The summed E-state index contributed by atoms with van der Waals surface area (Å²) in [7, 11) is 0. The van der Waals surface area contributed by atoms with Crippen molar-refractivity contribution in [1.29, 1.82) is 0 Å². The Labute approximate surface area is 128 Å². The fourth-order valence-corrected chi connectivity index (χ4v) is 2.61. The van der Waals surface area contributed by atoms with Gasteiger partial charge < -0.3 is 15.0 Å². The summed E-state index contributed by atoms with van der Waals surface area (Å²) < 4.78 is 5.75. The maximum absolute atomic E-state index is 5.75. The Kier molecular flexibility index (Phi) is 5.39. The lowest BCUT2D eigenvalue weighted by Crippen LogP contribution is -2.32. The van der Waals surface area contributed by atoms with Crippen molar-refractivity contribution in [3.05, 3.63) is 11.4 Å². The number of hydrogen-bond acceptors (Lipinski definition) is 5. The average molecular weight is 292 g/mol. The van der Waals surface area contributed by atoms with E-state index in [1.807, 2.05) is 0 Å². The smallest absolute Gasteiger partial charge is 0.137 e. The van der Waals surface area contributed by atoms with E-state index in [0.717, 1.165) is 55.7 Å². The van der Waals surface area contributed by atoms with E-state index < -0.39 is 0 Å². The van der Waals surface area contributed by atoms with Gasteiger partial charge in [0.25, 0.3) is 0 Å². The molecule has 1 N–H and O–H groups in total. The van der Waals surface area contributed by atoms with Gasteiger partial charge in [0.15, 0.2) is 0 Å². The fraction of sp³-hybridized carbons (Fsp3) is 0.750. The molecule has 1 saturated heterocycles. The molecule has 2 rings (SSSR count). The Bertz CT molecular complexity index is 476. The van der Waals surface area contributed by atoms with E-state index in [2.05, 4.69) is 49.8 Å². The minimum absolute atomic E-state index is 0.243. The first kappa shape index (κ1) is 16.0. The van der Waals surface area contributed by atoms with Gasteiger partial charge in [0.05, 0.1) is 6.10 Å². The van der Waals surface area contributed by atoms with Crippen LogP contribution >= 0.6 is 0 Å². The first-order valence-electron chi connectivity index (χ1n) is 8.01. The molecule has 5 nitrogen and oxygen atoms in total. The molecule has 1 aliphatic heterocycles. The van der Waals surface area contributed by atoms with Crippen molar-refractivity contribution in [3.63, 3.8) is 0 Å². The van der Waals surface area contributed by atoms with Crippen LogP contribution in [-0.4, -0.2) is 42.3 Å². The van der Waals surface area contributed by atoms with Crippen LogP contribution in [0.15, 0.2) is 0 Å². The Hall–Kier alpha value is -1.36. The summed E-state index contributed by atoms with van der Waals surface area (Å²) in [5.41, 5.74) is 1.13. The summed E-state index contributed by atoms with van der Waals surface area (Å²) in [6.45, 7) is 14.2. The van der Waals surface area contributed by atoms with Crippen LogP contribution in [0.4, 0.5) is 11.6 Å². The summed E-state index contributed by atoms with van der Waals surface area (Å²) in [6, 6.07) is 0. The Morgan fingerprint density at radius 2 is 2.14 bits per heavy atom. The number of nitrogens with one attached hydrogen (secondary N) is 1. The predicted octanol–water partition coefficient (Wildman–Crippen LogP) is 2.96. The molecule has 21 heavy (non-hydrogen) atoms. The lowest BCUT2D eigenvalue weighted by atomic mass is 10.2. The molecule has 118 valence electrons. The fourth-order valence-electron chi connectivity index (χ4n) is 2.61. The van der Waals surface area contributed by atoms with Gasteiger partial charge in [-0.15, -0.1) is 0 Å². The second kappa shape index (κ2) is 7.07. The van der Waals surface area contributed by atoms with Crippen molar-refractivity contribution >= 4 is 11.6 Å². The highest BCUT2D eigenvalue weighted by Gasteiger charge is 2.21. The van der Waals surface area contributed by atoms with Gasteiger partial charge in [-0.05, 0) is 27.2 Å².